The van der Waals surface area contributed by atoms with Gasteiger partial charge in [-0.15, -0.1) is 11.8 Å². The van der Waals surface area contributed by atoms with Crippen LogP contribution in [0.15, 0.2) is 14.6 Å². The standard InChI is InChI=1S/C9H13N3O3S/c1-10-6(16-4)5-7(13)11(2)9(15)12(3)8(5)14/h13H,1-4H3. The number of rotatable bonds is 1. The molecule has 16 heavy (non-hydrogen) atoms. The van der Waals surface area contributed by atoms with E-state index in [9.17, 15) is 14.7 Å². The van der Waals surface area contributed by atoms with Gasteiger partial charge in [-0.3, -0.25) is 18.9 Å². The number of hydrogen-bond donors (Lipinski definition) is 1. The summed E-state index contributed by atoms with van der Waals surface area (Å²) in [4.78, 5) is 27.2. The predicted molar refractivity (Wildman–Crippen MR) is 64.6 cm³/mol. The summed E-state index contributed by atoms with van der Waals surface area (Å²) in [7, 11) is 4.28. The van der Waals surface area contributed by atoms with E-state index in [-0.39, 0.29) is 11.4 Å². The summed E-state index contributed by atoms with van der Waals surface area (Å²) in [6, 6.07) is 0. The molecule has 0 atom stereocenters. The van der Waals surface area contributed by atoms with E-state index in [1.807, 2.05) is 0 Å². The fourth-order valence-corrected chi connectivity index (χ4v) is 1.89. The Morgan fingerprint density at radius 2 is 1.88 bits per heavy atom. The highest BCUT2D eigenvalue weighted by atomic mass is 32.2. The zero-order chi connectivity index (χ0) is 12.5. The molecule has 1 aromatic rings. The highest BCUT2D eigenvalue weighted by Crippen LogP contribution is 2.15. The van der Waals surface area contributed by atoms with Crippen molar-refractivity contribution in [1.82, 2.24) is 9.13 Å². The normalized spacial score (nSPS) is 11.9. The number of aliphatic imine (C=N–C) groups is 1. The van der Waals surface area contributed by atoms with Crippen LogP contribution >= 0.6 is 11.8 Å². The third-order valence-corrected chi connectivity index (χ3v) is 3.02. The quantitative estimate of drug-likeness (QED) is 0.534. The van der Waals surface area contributed by atoms with Gasteiger partial charge < -0.3 is 5.11 Å². The Morgan fingerprint density at radius 3 is 2.31 bits per heavy atom. The van der Waals surface area contributed by atoms with Crippen LogP contribution in [0, 0.1) is 0 Å². The highest BCUT2D eigenvalue weighted by molar-refractivity contribution is 8.13. The van der Waals surface area contributed by atoms with E-state index in [0.717, 1.165) is 9.13 Å². The Kier molecular flexibility index (Phi) is 3.58. The minimum absolute atomic E-state index is 0.0552. The Hall–Kier alpha value is -1.50. The maximum absolute atomic E-state index is 11.8. The molecule has 0 radical (unpaired) electrons. The topological polar surface area (TPSA) is 76.6 Å². The molecule has 0 saturated carbocycles. The first kappa shape index (κ1) is 12.6. The van der Waals surface area contributed by atoms with E-state index in [4.69, 9.17) is 0 Å². The molecule has 1 N–H and O–H groups in total. The van der Waals surface area contributed by atoms with Crippen LogP contribution in [0.3, 0.4) is 0 Å². The number of aromatic nitrogens is 2. The van der Waals surface area contributed by atoms with Crippen molar-refractivity contribution in [1.29, 1.82) is 0 Å². The number of aromatic hydroxyl groups is 1. The highest BCUT2D eigenvalue weighted by Gasteiger charge is 2.18. The lowest BCUT2D eigenvalue weighted by atomic mass is 10.3. The molecular weight excluding hydrogens is 230 g/mol. The Balaban J connectivity index is 3.79. The van der Waals surface area contributed by atoms with Gasteiger partial charge in [0.1, 0.15) is 10.6 Å². The molecule has 1 rings (SSSR count). The molecule has 6 nitrogen and oxygen atoms in total. The van der Waals surface area contributed by atoms with Gasteiger partial charge >= 0.3 is 5.69 Å². The molecule has 0 amide bonds. The van der Waals surface area contributed by atoms with Gasteiger partial charge in [-0.1, -0.05) is 0 Å². The monoisotopic (exact) mass is 243 g/mol. The second kappa shape index (κ2) is 4.56. The first-order chi connectivity index (χ1) is 7.45. The predicted octanol–water partition coefficient (Wildman–Crippen LogP) is -0.471. The van der Waals surface area contributed by atoms with Crippen LogP contribution in [0.5, 0.6) is 5.88 Å². The van der Waals surface area contributed by atoms with Gasteiger partial charge in [0.2, 0.25) is 5.88 Å². The molecule has 0 bridgehead atoms. The van der Waals surface area contributed by atoms with Crippen LogP contribution in [0.2, 0.25) is 0 Å². The minimum Gasteiger partial charge on any atom is -0.494 e. The summed E-state index contributed by atoms with van der Waals surface area (Å²) in [6.07, 6.45) is 1.74. The average molecular weight is 243 g/mol. The number of thioether (sulfide) groups is 1. The van der Waals surface area contributed by atoms with Gasteiger partial charge in [-0.2, -0.15) is 0 Å². The number of nitrogens with zero attached hydrogens (tertiary/aromatic N) is 3. The van der Waals surface area contributed by atoms with Gasteiger partial charge in [-0.05, 0) is 6.26 Å². The molecular formula is C9H13N3O3S. The van der Waals surface area contributed by atoms with Crippen molar-refractivity contribution in [3.63, 3.8) is 0 Å². The van der Waals surface area contributed by atoms with E-state index in [1.54, 1.807) is 6.26 Å². The van der Waals surface area contributed by atoms with Crippen molar-refractivity contribution >= 4 is 16.8 Å². The van der Waals surface area contributed by atoms with Gasteiger partial charge in [0.05, 0.1) is 0 Å². The minimum atomic E-state index is -0.567. The average Bonchev–Trinajstić information content (AvgIpc) is 2.29. The molecule has 0 spiro atoms. The molecule has 1 heterocycles. The van der Waals surface area contributed by atoms with Crippen molar-refractivity contribution in [2.75, 3.05) is 13.3 Å². The fraction of sp³-hybridized carbons (Fsp3) is 0.444. The van der Waals surface area contributed by atoms with Crippen LogP contribution < -0.4 is 11.2 Å². The van der Waals surface area contributed by atoms with Gasteiger partial charge in [-0.25, -0.2) is 4.79 Å². The molecule has 0 aliphatic rings. The van der Waals surface area contributed by atoms with E-state index < -0.39 is 11.2 Å². The van der Waals surface area contributed by atoms with Crippen LogP contribution in [0.4, 0.5) is 0 Å². The van der Waals surface area contributed by atoms with Crippen molar-refractivity contribution in [2.24, 2.45) is 19.1 Å². The molecule has 0 fully saturated rings. The van der Waals surface area contributed by atoms with Crippen molar-refractivity contribution in [3.05, 3.63) is 26.4 Å². The van der Waals surface area contributed by atoms with Crippen molar-refractivity contribution < 1.29 is 5.11 Å². The Bertz CT molecular complexity index is 556. The molecule has 0 aliphatic heterocycles. The number of hydrogen-bond acceptors (Lipinski definition) is 5. The van der Waals surface area contributed by atoms with E-state index in [2.05, 4.69) is 4.99 Å². The van der Waals surface area contributed by atoms with E-state index in [1.165, 1.54) is 32.9 Å². The zero-order valence-corrected chi connectivity index (χ0v) is 10.3. The second-order valence-electron chi connectivity index (χ2n) is 3.14. The molecule has 0 unspecified atom stereocenters. The molecule has 88 valence electrons. The van der Waals surface area contributed by atoms with Gasteiger partial charge in [0.15, 0.2) is 0 Å². The molecule has 7 heteroatoms. The van der Waals surface area contributed by atoms with E-state index >= 15 is 0 Å². The first-order valence-electron chi connectivity index (χ1n) is 4.45. The van der Waals surface area contributed by atoms with Gasteiger partial charge in [0.25, 0.3) is 5.56 Å². The van der Waals surface area contributed by atoms with Crippen LogP contribution in [-0.2, 0) is 14.1 Å². The first-order valence-corrected chi connectivity index (χ1v) is 5.68. The zero-order valence-electron chi connectivity index (χ0n) is 9.51. The summed E-state index contributed by atoms with van der Waals surface area (Å²) in [5.41, 5.74) is -1.06. The Morgan fingerprint density at radius 1 is 1.31 bits per heavy atom. The third-order valence-electron chi connectivity index (χ3n) is 2.24. The van der Waals surface area contributed by atoms with Gasteiger partial charge in [0, 0.05) is 21.1 Å². The summed E-state index contributed by atoms with van der Waals surface area (Å²) in [5.74, 6) is -0.358. The summed E-state index contributed by atoms with van der Waals surface area (Å²) >= 11 is 1.24. The molecule has 0 saturated heterocycles. The molecule has 0 aromatic carbocycles. The van der Waals surface area contributed by atoms with Crippen molar-refractivity contribution in [2.45, 2.75) is 0 Å². The lowest BCUT2D eigenvalue weighted by Gasteiger charge is -2.10. The maximum Gasteiger partial charge on any atom is 0.333 e. The second-order valence-corrected chi connectivity index (χ2v) is 3.93. The van der Waals surface area contributed by atoms with Crippen LogP contribution in [0.25, 0.3) is 0 Å². The largest absolute Gasteiger partial charge is 0.494 e. The van der Waals surface area contributed by atoms with Crippen LogP contribution in [0.1, 0.15) is 5.56 Å². The summed E-state index contributed by atoms with van der Waals surface area (Å²) in [6.45, 7) is 0. The third kappa shape index (κ3) is 1.78. The smallest absolute Gasteiger partial charge is 0.333 e. The Labute approximate surface area is 96.3 Å². The molecule has 0 aliphatic carbocycles. The lowest BCUT2D eigenvalue weighted by Crippen LogP contribution is -2.39. The van der Waals surface area contributed by atoms with Crippen molar-refractivity contribution in [3.8, 4) is 5.88 Å². The summed E-state index contributed by atoms with van der Waals surface area (Å²) in [5, 5.41) is 10.2. The van der Waals surface area contributed by atoms with E-state index in [0.29, 0.717) is 5.04 Å². The fourth-order valence-electron chi connectivity index (χ4n) is 1.33. The SMILES string of the molecule is CN=C(SC)c1c(O)n(C)c(=O)n(C)c1=O. The maximum atomic E-state index is 11.8. The molecule has 1 aromatic heterocycles. The van der Waals surface area contributed by atoms with Crippen LogP contribution in [-0.4, -0.2) is 32.6 Å². The summed E-state index contributed by atoms with van der Waals surface area (Å²) < 4.78 is 1.95. The lowest BCUT2D eigenvalue weighted by molar-refractivity contribution is 0.410.